The van der Waals surface area contributed by atoms with Gasteiger partial charge in [-0.25, -0.2) is 4.79 Å². The summed E-state index contributed by atoms with van der Waals surface area (Å²) >= 11 is 0. The molecule has 0 radical (unpaired) electrons. The van der Waals surface area contributed by atoms with Crippen molar-refractivity contribution >= 4 is 5.97 Å². The number of carbonyl (C=O) groups is 1. The van der Waals surface area contributed by atoms with E-state index >= 15 is 0 Å². The molecule has 126 valence electrons. The van der Waals surface area contributed by atoms with Crippen LogP contribution in [0.15, 0.2) is 54.6 Å². The Hall–Kier alpha value is -3.21. The van der Waals surface area contributed by atoms with Gasteiger partial charge >= 0.3 is 5.97 Å². The average Bonchev–Trinajstić information content (AvgIpc) is 2.64. The lowest BCUT2D eigenvalue weighted by atomic mass is 10.0. The minimum absolute atomic E-state index is 0.142. The third-order valence-electron chi connectivity index (χ3n) is 3.97. The van der Waals surface area contributed by atoms with Crippen molar-refractivity contribution in [1.29, 1.82) is 0 Å². The molecule has 5 nitrogen and oxygen atoms in total. The fourth-order valence-corrected chi connectivity index (χ4v) is 2.39. The van der Waals surface area contributed by atoms with Crippen molar-refractivity contribution in [3.63, 3.8) is 0 Å². The van der Waals surface area contributed by atoms with Gasteiger partial charge < -0.3 is 9.47 Å². The predicted molar refractivity (Wildman–Crippen MR) is 94.9 cm³/mol. The highest BCUT2D eigenvalue weighted by molar-refractivity contribution is 5.93. The molecule has 0 spiro atoms. The maximum absolute atomic E-state index is 12.3. The van der Waals surface area contributed by atoms with Gasteiger partial charge in [-0.15, -0.1) is 10.2 Å². The minimum Gasteiger partial charge on any atom is -0.496 e. The van der Waals surface area contributed by atoms with Crippen LogP contribution in [0.2, 0.25) is 0 Å². The predicted octanol–water partition coefficient (Wildman–Crippen LogP) is 3.99. The fraction of sp³-hybridized carbons (Fsp3) is 0.150. The highest BCUT2D eigenvalue weighted by Crippen LogP contribution is 2.22. The van der Waals surface area contributed by atoms with E-state index < -0.39 is 5.97 Å². The van der Waals surface area contributed by atoms with Crippen LogP contribution in [0.5, 0.6) is 11.6 Å². The van der Waals surface area contributed by atoms with E-state index in [1.165, 1.54) is 18.2 Å². The molecule has 0 fully saturated rings. The molecule has 0 unspecified atom stereocenters. The van der Waals surface area contributed by atoms with E-state index in [0.29, 0.717) is 11.3 Å². The molecule has 0 N–H and O–H groups in total. The number of hydrogen-bond donors (Lipinski definition) is 0. The number of hydrogen-bond acceptors (Lipinski definition) is 5. The lowest BCUT2D eigenvalue weighted by molar-refractivity contribution is 0.0722. The molecule has 1 aromatic heterocycles. The molecule has 0 atom stereocenters. The molecule has 0 aliphatic heterocycles. The first-order chi connectivity index (χ1) is 12.1. The third kappa shape index (κ3) is 3.66. The number of methoxy groups -OCH3 is 1. The summed E-state index contributed by atoms with van der Waals surface area (Å²) in [6.45, 7) is 4.11. The number of aryl methyl sites for hydroxylation is 2. The molecule has 0 amide bonds. The summed E-state index contributed by atoms with van der Waals surface area (Å²) in [4.78, 5) is 12.3. The number of para-hydroxylation sites is 1. The molecular formula is C20H18N2O3. The topological polar surface area (TPSA) is 61.3 Å². The van der Waals surface area contributed by atoms with E-state index in [2.05, 4.69) is 30.1 Å². The maximum Gasteiger partial charge on any atom is 0.348 e. The second kappa shape index (κ2) is 7.13. The van der Waals surface area contributed by atoms with Crippen molar-refractivity contribution in [2.24, 2.45) is 0 Å². The summed E-state index contributed by atoms with van der Waals surface area (Å²) in [5.41, 5.74) is 4.44. The molecule has 3 rings (SSSR count). The lowest BCUT2D eigenvalue weighted by Crippen LogP contribution is -2.11. The normalized spacial score (nSPS) is 10.4. The van der Waals surface area contributed by atoms with Crippen molar-refractivity contribution < 1.29 is 14.3 Å². The fourth-order valence-electron chi connectivity index (χ4n) is 2.39. The van der Waals surface area contributed by atoms with Crippen LogP contribution in [0.1, 0.15) is 21.5 Å². The smallest absolute Gasteiger partial charge is 0.348 e. The maximum atomic E-state index is 12.3. The average molecular weight is 334 g/mol. The number of rotatable bonds is 4. The number of benzene rings is 2. The van der Waals surface area contributed by atoms with Crippen molar-refractivity contribution in [2.45, 2.75) is 13.8 Å². The Labute approximate surface area is 146 Å². The molecule has 5 heteroatoms. The Kier molecular flexibility index (Phi) is 4.75. The van der Waals surface area contributed by atoms with Gasteiger partial charge in [-0.05, 0) is 49.2 Å². The molecule has 25 heavy (non-hydrogen) atoms. The quantitative estimate of drug-likeness (QED) is 0.675. The molecule has 0 bridgehead atoms. The molecule has 3 aromatic rings. The van der Waals surface area contributed by atoms with Crippen molar-refractivity contribution in [1.82, 2.24) is 10.2 Å². The van der Waals surface area contributed by atoms with Gasteiger partial charge in [-0.1, -0.05) is 24.3 Å². The van der Waals surface area contributed by atoms with Gasteiger partial charge in [0.25, 0.3) is 0 Å². The first-order valence-electron chi connectivity index (χ1n) is 7.85. The standard InChI is InChI=1S/C20H18N2O3/c1-13-8-9-15(12-14(13)2)17-10-11-19(22-21-17)25-20(23)16-6-4-5-7-18(16)24-3/h4-12H,1-3H3. The van der Waals surface area contributed by atoms with E-state index in [-0.39, 0.29) is 5.88 Å². The Balaban J connectivity index is 1.78. The molecule has 0 aliphatic carbocycles. The van der Waals surface area contributed by atoms with E-state index in [1.807, 2.05) is 12.1 Å². The number of carbonyl (C=O) groups excluding carboxylic acids is 1. The summed E-state index contributed by atoms with van der Waals surface area (Å²) < 4.78 is 10.4. The second-order valence-corrected chi connectivity index (χ2v) is 5.65. The van der Waals surface area contributed by atoms with Crippen molar-refractivity contribution in [3.05, 3.63) is 71.3 Å². The molecule has 0 aliphatic rings. The molecule has 0 saturated carbocycles. The molecule has 1 heterocycles. The summed E-state index contributed by atoms with van der Waals surface area (Å²) in [5.74, 6) is 0.0568. The number of nitrogens with zero attached hydrogens (tertiary/aromatic N) is 2. The van der Waals surface area contributed by atoms with Gasteiger partial charge in [0.15, 0.2) is 0 Å². The summed E-state index contributed by atoms with van der Waals surface area (Å²) in [7, 11) is 1.50. The van der Waals surface area contributed by atoms with E-state index in [9.17, 15) is 4.79 Å². The number of esters is 1. The van der Waals surface area contributed by atoms with Gasteiger partial charge in [0.2, 0.25) is 5.88 Å². The SMILES string of the molecule is COc1ccccc1C(=O)Oc1ccc(-c2ccc(C)c(C)c2)nn1. The van der Waals surface area contributed by atoms with E-state index in [1.54, 1.807) is 36.4 Å². The van der Waals surface area contributed by atoms with Gasteiger partial charge in [0, 0.05) is 11.6 Å². The van der Waals surface area contributed by atoms with Gasteiger partial charge in [-0.2, -0.15) is 0 Å². The van der Waals surface area contributed by atoms with Crippen LogP contribution in [0, 0.1) is 13.8 Å². The summed E-state index contributed by atoms with van der Waals surface area (Å²) in [6.07, 6.45) is 0. The van der Waals surface area contributed by atoms with Crippen LogP contribution in [0.4, 0.5) is 0 Å². The van der Waals surface area contributed by atoms with Crippen LogP contribution in [-0.2, 0) is 0 Å². The zero-order valence-corrected chi connectivity index (χ0v) is 14.3. The van der Waals surface area contributed by atoms with Gasteiger partial charge in [-0.3, -0.25) is 0 Å². The Bertz CT molecular complexity index is 905. The Morgan fingerprint density at radius 3 is 2.40 bits per heavy atom. The van der Waals surface area contributed by atoms with Crippen molar-refractivity contribution in [3.8, 4) is 22.9 Å². The second-order valence-electron chi connectivity index (χ2n) is 5.65. The lowest BCUT2D eigenvalue weighted by Gasteiger charge is -2.08. The van der Waals surface area contributed by atoms with Gasteiger partial charge in [0.05, 0.1) is 12.8 Å². The number of ether oxygens (including phenoxy) is 2. The Morgan fingerprint density at radius 1 is 0.920 bits per heavy atom. The third-order valence-corrected chi connectivity index (χ3v) is 3.97. The summed E-state index contributed by atoms with van der Waals surface area (Å²) in [6, 6.07) is 16.4. The Morgan fingerprint density at radius 2 is 1.72 bits per heavy atom. The highest BCUT2D eigenvalue weighted by atomic mass is 16.5. The van der Waals surface area contributed by atoms with E-state index in [4.69, 9.17) is 9.47 Å². The van der Waals surface area contributed by atoms with Crippen LogP contribution in [0.3, 0.4) is 0 Å². The zero-order valence-electron chi connectivity index (χ0n) is 14.3. The van der Waals surface area contributed by atoms with Crippen LogP contribution >= 0.6 is 0 Å². The largest absolute Gasteiger partial charge is 0.496 e. The summed E-state index contributed by atoms with van der Waals surface area (Å²) in [5, 5.41) is 8.14. The minimum atomic E-state index is -0.536. The number of aromatic nitrogens is 2. The van der Waals surface area contributed by atoms with Crippen LogP contribution < -0.4 is 9.47 Å². The first-order valence-corrected chi connectivity index (χ1v) is 7.85. The monoisotopic (exact) mass is 334 g/mol. The van der Waals surface area contributed by atoms with Gasteiger partial charge in [0.1, 0.15) is 11.3 Å². The van der Waals surface area contributed by atoms with Crippen molar-refractivity contribution in [2.75, 3.05) is 7.11 Å². The zero-order chi connectivity index (χ0) is 17.8. The van der Waals surface area contributed by atoms with Crippen LogP contribution in [-0.4, -0.2) is 23.3 Å². The van der Waals surface area contributed by atoms with Crippen LogP contribution in [0.25, 0.3) is 11.3 Å². The molecular weight excluding hydrogens is 316 g/mol. The first kappa shape index (κ1) is 16.6. The molecule has 2 aromatic carbocycles. The highest BCUT2D eigenvalue weighted by Gasteiger charge is 2.15. The molecule has 0 saturated heterocycles. The van der Waals surface area contributed by atoms with E-state index in [0.717, 1.165) is 11.3 Å².